The third kappa shape index (κ3) is 5.76. The number of likely N-dealkylation sites (tertiary alicyclic amines) is 1. The van der Waals surface area contributed by atoms with E-state index in [1.807, 2.05) is 0 Å². The first-order valence-electron chi connectivity index (χ1n) is 10.2. The Morgan fingerprint density at radius 3 is 2.61 bits per heavy atom. The number of nitrogens with zero attached hydrogens (tertiary/aromatic N) is 3. The molecule has 1 saturated heterocycles. The van der Waals surface area contributed by atoms with Crippen molar-refractivity contribution in [2.75, 3.05) is 13.1 Å². The monoisotopic (exact) mass is 461 g/mol. The molecule has 1 fully saturated rings. The van der Waals surface area contributed by atoms with E-state index in [1.165, 1.54) is 24.3 Å². The van der Waals surface area contributed by atoms with Crippen LogP contribution in [0.1, 0.15) is 28.9 Å². The average molecular weight is 461 g/mol. The van der Waals surface area contributed by atoms with Gasteiger partial charge in [-0.3, -0.25) is 4.79 Å². The Morgan fingerprint density at radius 2 is 1.85 bits per heavy atom. The smallest absolute Gasteiger partial charge is 0.433 e. The van der Waals surface area contributed by atoms with Crippen LogP contribution in [0.4, 0.5) is 17.6 Å². The molecule has 6 nitrogen and oxygen atoms in total. The van der Waals surface area contributed by atoms with Crippen molar-refractivity contribution in [1.29, 1.82) is 0 Å². The van der Waals surface area contributed by atoms with Gasteiger partial charge in [-0.15, -0.1) is 0 Å². The highest BCUT2D eigenvalue weighted by molar-refractivity contribution is 5.94. The normalized spacial score (nSPS) is 16.4. The summed E-state index contributed by atoms with van der Waals surface area (Å²) in [6.07, 6.45) is -2.98. The van der Waals surface area contributed by atoms with Crippen LogP contribution in [-0.4, -0.2) is 40.0 Å². The molecule has 1 aliphatic rings. The maximum absolute atomic E-state index is 13.1. The van der Waals surface area contributed by atoms with E-state index in [9.17, 15) is 22.4 Å². The predicted molar refractivity (Wildman–Crippen MR) is 110 cm³/mol. The zero-order chi connectivity index (χ0) is 23.4. The lowest BCUT2D eigenvalue weighted by Crippen LogP contribution is -2.44. The summed E-state index contributed by atoms with van der Waals surface area (Å²) in [5, 5.41) is 0. The molecule has 33 heavy (non-hydrogen) atoms. The maximum atomic E-state index is 13.1. The van der Waals surface area contributed by atoms with Crippen molar-refractivity contribution in [3.05, 3.63) is 77.9 Å². The fraction of sp³-hybridized carbons (Fsp3) is 0.261. The molecular weight excluding hydrogens is 442 g/mol. The summed E-state index contributed by atoms with van der Waals surface area (Å²) >= 11 is 0. The van der Waals surface area contributed by atoms with Gasteiger partial charge in [0.1, 0.15) is 23.4 Å². The number of carbonyl (C=O) groups excluding carboxylic acids is 1. The Labute approximate surface area is 186 Å². The van der Waals surface area contributed by atoms with Crippen LogP contribution >= 0.6 is 0 Å². The van der Waals surface area contributed by atoms with E-state index in [2.05, 4.69) is 9.97 Å². The molecule has 0 spiro atoms. The van der Waals surface area contributed by atoms with Crippen molar-refractivity contribution in [3.63, 3.8) is 0 Å². The van der Waals surface area contributed by atoms with Gasteiger partial charge >= 0.3 is 12.2 Å². The lowest BCUT2D eigenvalue weighted by atomic mass is 10.1. The van der Waals surface area contributed by atoms with Crippen LogP contribution in [0.2, 0.25) is 0 Å². The minimum absolute atomic E-state index is 0.182. The lowest BCUT2D eigenvalue weighted by Gasteiger charge is -2.32. The second kappa shape index (κ2) is 9.43. The summed E-state index contributed by atoms with van der Waals surface area (Å²) in [5.74, 6) is 0.185. The number of benzene rings is 2. The number of amides is 1. The third-order valence-corrected chi connectivity index (χ3v) is 4.99. The quantitative estimate of drug-likeness (QED) is 0.494. The van der Waals surface area contributed by atoms with E-state index in [0.29, 0.717) is 36.4 Å². The predicted octanol–water partition coefficient (Wildman–Crippen LogP) is 5.11. The number of alkyl halides is 3. The number of aromatic nitrogens is 2. The van der Waals surface area contributed by atoms with Crippen molar-refractivity contribution in [2.45, 2.75) is 25.1 Å². The molecule has 0 radical (unpaired) electrons. The van der Waals surface area contributed by atoms with Gasteiger partial charge in [0.2, 0.25) is 0 Å². The van der Waals surface area contributed by atoms with E-state index < -0.39 is 18.0 Å². The van der Waals surface area contributed by atoms with E-state index in [4.69, 9.17) is 9.47 Å². The molecule has 10 heteroatoms. The van der Waals surface area contributed by atoms with Crippen molar-refractivity contribution in [1.82, 2.24) is 14.9 Å². The molecule has 1 aliphatic heterocycles. The number of piperidine rings is 1. The fourth-order valence-corrected chi connectivity index (χ4v) is 3.44. The van der Waals surface area contributed by atoms with Crippen molar-refractivity contribution >= 4 is 5.91 Å². The highest BCUT2D eigenvalue weighted by Crippen LogP contribution is 2.29. The minimum Gasteiger partial charge on any atom is -0.458 e. The van der Waals surface area contributed by atoms with Gasteiger partial charge in [0, 0.05) is 18.3 Å². The topological polar surface area (TPSA) is 64.5 Å². The number of hydrogen-bond acceptors (Lipinski definition) is 5. The van der Waals surface area contributed by atoms with Crippen molar-refractivity contribution < 1.29 is 31.8 Å². The van der Waals surface area contributed by atoms with Crippen LogP contribution in [0.5, 0.6) is 17.5 Å². The molecule has 1 aromatic heterocycles. The van der Waals surface area contributed by atoms with E-state index in [-0.39, 0.29) is 24.3 Å². The second-order valence-electron chi connectivity index (χ2n) is 7.44. The van der Waals surface area contributed by atoms with Gasteiger partial charge in [0.25, 0.3) is 5.91 Å². The van der Waals surface area contributed by atoms with E-state index in [0.717, 1.165) is 12.3 Å². The highest BCUT2D eigenvalue weighted by Gasteiger charge is 2.33. The highest BCUT2D eigenvalue weighted by atomic mass is 19.4. The van der Waals surface area contributed by atoms with Crippen LogP contribution in [0.15, 0.2) is 60.8 Å². The molecule has 1 amide bonds. The third-order valence-electron chi connectivity index (χ3n) is 4.99. The molecule has 2 heterocycles. The Morgan fingerprint density at radius 1 is 1.06 bits per heavy atom. The number of ether oxygens (including phenoxy) is 2. The molecule has 2 aromatic carbocycles. The average Bonchev–Trinajstić information content (AvgIpc) is 2.80. The van der Waals surface area contributed by atoms with Gasteiger partial charge < -0.3 is 14.4 Å². The molecule has 0 N–H and O–H groups in total. The summed E-state index contributed by atoms with van der Waals surface area (Å²) in [7, 11) is 0. The van der Waals surface area contributed by atoms with Gasteiger partial charge in [-0.1, -0.05) is 6.07 Å². The molecule has 0 bridgehead atoms. The van der Waals surface area contributed by atoms with Crippen LogP contribution < -0.4 is 9.47 Å². The Hall–Kier alpha value is -3.69. The summed E-state index contributed by atoms with van der Waals surface area (Å²) in [6, 6.07) is 12.4. The molecular formula is C23H19F4N3O3. The fourth-order valence-electron chi connectivity index (χ4n) is 3.44. The van der Waals surface area contributed by atoms with Gasteiger partial charge in [-0.25, -0.2) is 9.37 Å². The number of carbonyl (C=O) groups is 1. The zero-order valence-corrected chi connectivity index (χ0v) is 17.3. The number of rotatable bonds is 5. The van der Waals surface area contributed by atoms with Crippen molar-refractivity contribution in [3.8, 4) is 17.5 Å². The van der Waals surface area contributed by atoms with Gasteiger partial charge in [0.05, 0.1) is 6.54 Å². The summed E-state index contributed by atoms with van der Waals surface area (Å²) in [4.78, 5) is 21.8. The molecule has 4 rings (SSSR count). The minimum atomic E-state index is -4.60. The van der Waals surface area contributed by atoms with E-state index in [1.54, 1.807) is 29.2 Å². The van der Waals surface area contributed by atoms with Gasteiger partial charge in [-0.05, 0) is 61.4 Å². The first-order valence-corrected chi connectivity index (χ1v) is 10.2. The molecule has 1 atom stereocenters. The van der Waals surface area contributed by atoms with Crippen LogP contribution in [0, 0.1) is 5.82 Å². The SMILES string of the molecule is O=C(c1cccc(Oc2ccc(F)cc2)c1)N1CCCC(Oc2nccc(C(F)(F)F)n2)C1. The van der Waals surface area contributed by atoms with Gasteiger partial charge in [-0.2, -0.15) is 18.2 Å². The molecule has 172 valence electrons. The van der Waals surface area contributed by atoms with Gasteiger partial charge in [0.15, 0.2) is 5.69 Å². The second-order valence-corrected chi connectivity index (χ2v) is 7.44. The first-order chi connectivity index (χ1) is 15.8. The van der Waals surface area contributed by atoms with Crippen LogP contribution in [0.3, 0.4) is 0 Å². The molecule has 1 unspecified atom stereocenters. The van der Waals surface area contributed by atoms with E-state index >= 15 is 0 Å². The summed E-state index contributed by atoms with van der Waals surface area (Å²) in [5.41, 5.74) is -0.709. The summed E-state index contributed by atoms with van der Waals surface area (Å²) in [6.45, 7) is 0.659. The van der Waals surface area contributed by atoms with Crippen LogP contribution in [0.25, 0.3) is 0 Å². The summed E-state index contributed by atoms with van der Waals surface area (Å²) < 4.78 is 62.9. The maximum Gasteiger partial charge on any atom is 0.433 e. The lowest BCUT2D eigenvalue weighted by molar-refractivity contribution is -0.141. The number of hydrogen-bond donors (Lipinski definition) is 0. The molecule has 3 aromatic rings. The van der Waals surface area contributed by atoms with Crippen molar-refractivity contribution in [2.24, 2.45) is 0 Å². The standard InChI is InChI=1S/C23H19F4N3O3/c24-16-6-8-17(9-7-16)32-18-4-1-3-15(13-18)21(31)30-12-2-5-19(14-30)33-22-28-11-10-20(29-22)23(25,26)27/h1,3-4,6-11,13,19H,2,5,12,14H2. The first kappa shape index (κ1) is 22.5. The largest absolute Gasteiger partial charge is 0.458 e. The Balaban J connectivity index is 1.42. The number of halogens is 4. The molecule has 0 saturated carbocycles. The Bertz CT molecular complexity index is 1120. The Kier molecular flexibility index (Phi) is 6.43. The zero-order valence-electron chi connectivity index (χ0n) is 17.3. The molecule has 0 aliphatic carbocycles. The van der Waals surface area contributed by atoms with Crippen LogP contribution in [-0.2, 0) is 6.18 Å².